The van der Waals surface area contributed by atoms with Gasteiger partial charge in [0.1, 0.15) is 0 Å². The average molecular weight is 235 g/mol. The molecule has 92 valence electrons. The van der Waals surface area contributed by atoms with Crippen LogP contribution in [0.25, 0.3) is 0 Å². The van der Waals surface area contributed by atoms with Crippen LogP contribution in [0.3, 0.4) is 0 Å². The first-order valence-corrected chi connectivity index (χ1v) is 5.53. The molecule has 0 radical (unpaired) electrons. The number of Topliss-reactive ketones (excluding diaryl/α,β-unsaturated/α-hetero) is 1. The number of carboxylic acid groups (broad SMARTS) is 1. The van der Waals surface area contributed by atoms with E-state index in [1.807, 2.05) is 12.1 Å². The van der Waals surface area contributed by atoms with Gasteiger partial charge in [0.2, 0.25) is 0 Å². The zero-order valence-corrected chi connectivity index (χ0v) is 10.0. The van der Waals surface area contributed by atoms with Crippen molar-refractivity contribution in [2.45, 2.75) is 26.3 Å². The third-order valence-electron chi connectivity index (χ3n) is 2.43. The Labute approximate surface area is 100 Å². The van der Waals surface area contributed by atoms with Crippen LogP contribution in [-0.4, -0.2) is 22.9 Å². The van der Waals surface area contributed by atoms with Gasteiger partial charge >= 0.3 is 5.97 Å². The molecule has 0 aliphatic rings. The van der Waals surface area contributed by atoms with Crippen molar-refractivity contribution in [1.29, 1.82) is 0 Å². The SMILES string of the molecule is CC(C)Cc1ccc(C(=O)C(N)C(=O)O)cc1. The van der Waals surface area contributed by atoms with Crippen molar-refractivity contribution in [3.05, 3.63) is 35.4 Å². The van der Waals surface area contributed by atoms with E-state index >= 15 is 0 Å². The highest BCUT2D eigenvalue weighted by atomic mass is 16.4. The van der Waals surface area contributed by atoms with Crippen LogP contribution in [0.2, 0.25) is 0 Å². The van der Waals surface area contributed by atoms with Gasteiger partial charge in [-0.15, -0.1) is 0 Å². The number of ketones is 1. The molecule has 1 unspecified atom stereocenters. The first-order valence-electron chi connectivity index (χ1n) is 5.53. The first kappa shape index (κ1) is 13.4. The van der Waals surface area contributed by atoms with Crippen molar-refractivity contribution in [1.82, 2.24) is 0 Å². The van der Waals surface area contributed by atoms with E-state index in [2.05, 4.69) is 13.8 Å². The Bertz CT molecular complexity index is 409. The van der Waals surface area contributed by atoms with E-state index < -0.39 is 17.8 Å². The smallest absolute Gasteiger partial charge is 0.328 e. The van der Waals surface area contributed by atoms with E-state index in [9.17, 15) is 9.59 Å². The molecule has 0 amide bonds. The minimum atomic E-state index is -1.48. The first-order chi connectivity index (χ1) is 7.91. The van der Waals surface area contributed by atoms with Gasteiger partial charge in [0, 0.05) is 5.56 Å². The van der Waals surface area contributed by atoms with E-state index in [0.717, 1.165) is 12.0 Å². The van der Waals surface area contributed by atoms with Crippen LogP contribution in [0.5, 0.6) is 0 Å². The molecule has 17 heavy (non-hydrogen) atoms. The molecular formula is C13H17NO3. The number of hydrogen-bond donors (Lipinski definition) is 2. The Balaban J connectivity index is 2.80. The van der Waals surface area contributed by atoms with Gasteiger partial charge in [-0.25, -0.2) is 0 Å². The molecule has 0 heterocycles. The number of hydrogen-bond acceptors (Lipinski definition) is 3. The maximum atomic E-state index is 11.6. The lowest BCUT2D eigenvalue weighted by atomic mass is 9.99. The molecule has 1 atom stereocenters. The highest BCUT2D eigenvalue weighted by Gasteiger charge is 2.22. The molecule has 4 nitrogen and oxygen atoms in total. The largest absolute Gasteiger partial charge is 0.480 e. The van der Waals surface area contributed by atoms with Gasteiger partial charge in [-0.3, -0.25) is 9.59 Å². The summed E-state index contributed by atoms with van der Waals surface area (Å²) in [5, 5.41) is 8.64. The third kappa shape index (κ3) is 3.67. The maximum absolute atomic E-state index is 11.6. The van der Waals surface area contributed by atoms with Crippen LogP contribution < -0.4 is 5.73 Å². The van der Waals surface area contributed by atoms with Crippen LogP contribution in [0.1, 0.15) is 29.8 Å². The molecule has 1 aromatic carbocycles. The van der Waals surface area contributed by atoms with Crippen molar-refractivity contribution in [2.75, 3.05) is 0 Å². The second-order valence-corrected chi connectivity index (χ2v) is 4.48. The second kappa shape index (κ2) is 5.59. The Morgan fingerprint density at radius 1 is 1.24 bits per heavy atom. The average Bonchev–Trinajstić information content (AvgIpc) is 2.27. The lowest BCUT2D eigenvalue weighted by molar-refractivity contribution is -0.137. The van der Waals surface area contributed by atoms with E-state index in [-0.39, 0.29) is 0 Å². The molecule has 0 saturated carbocycles. The van der Waals surface area contributed by atoms with Crippen LogP contribution in [0, 0.1) is 5.92 Å². The second-order valence-electron chi connectivity index (χ2n) is 4.48. The highest BCUT2D eigenvalue weighted by molar-refractivity contribution is 6.11. The zero-order valence-electron chi connectivity index (χ0n) is 10.0. The fourth-order valence-electron chi connectivity index (χ4n) is 1.57. The molecule has 1 aromatic rings. The lowest BCUT2D eigenvalue weighted by Gasteiger charge is -2.08. The van der Waals surface area contributed by atoms with Gasteiger partial charge in [-0.05, 0) is 17.9 Å². The lowest BCUT2D eigenvalue weighted by Crippen LogP contribution is -2.38. The predicted octanol–water partition coefficient (Wildman–Crippen LogP) is 1.48. The van der Waals surface area contributed by atoms with Gasteiger partial charge in [-0.1, -0.05) is 38.1 Å². The normalized spacial score (nSPS) is 12.5. The van der Waals surface area contributed by atoms with Gasteiger partial charge in [-0.2, -0.15) is 0 Å². The number of carboxylic acids is 1. The molecule has 1 rings (SSSR count). The van der Waals surface area contributed by atoms with Crippen LogP contribution in [0.15, 0.2) is 24.3 Å². The summed E-state index contributed by atoms with van der Waals surface area (Å²) in [6.07, 6.45) is 0.930. The van der Waals surface area contributed by atoms with Crippen LogP contribution in [-0.2, 0) is 11.2 Å². The van der Waals surface area contributed by atoms with Crippen LogP contribution in [0.4, 0.5) is 0 Å². The molecule has 3 N–H and O–H groups in total. The summed E-state index contributed by atoms with van der Waals surface area (Å²) < 4.78 is 0. The Morgan fingerprint density at radius 3 is 2.18 bits per heavy atom. The fourth-order valence-corrected chi connectivity index (χ4v) is 1.57. The molecule has 0 fully saturated rings. The number of nitrogens with two attached hydrogens (primary N) is 1. The quantitative estimate of drug-likeness (QED) is 0.598. The van der Waals surface area contributed by atoms with E-state index in [0.29, 0.717) is 11.5 Å². The summed E-state index contributed by atoms with van der Waals surface area (Å²) in [4.78, 5) is 22.2. The van der Waals surface area contributed by atoms with Crippen molar-refractivity contribution < 1.29 is 14.7 Å². The summed E-state index contributed by atoms with van der Waals surface area (Å²) in [6.45, 7) is 4.22. The maximum Gasteiger partial charge on any atom is 0.328 e. The molecule has 0 bridgehead atoms. The molecule has 4 heteroatoms. The Morgan fingerprint density at radius 2 is 1.76 bits per heavy atom. The number of carbonyl (C=O) groups excluding carboxylic acids is 1. The molecule has 0 aliphatic heterocycles. The Kier molecular flexibility index (Phi) is 4.40. The minimum Gasteiger partial charge on any atom is -0.480 e. The van der Waals surface area contributed by atoms with Crippen LogP contribution >= 0.6 is 0 Å². The summed E-state index contributed by atoms with van der Waals surface area (Å²) in [6, 6.07) is 5.45. The summed E-state index contributed by atoms with van der Waals surface area (Å²) in [5.74, 6) is -1.33. The monoisotopic (exact) mass is 235 g/mol. The van der Waals surface area contributed by atoms with E-state index in [1.54, 1.807) is 12.1 Å². The number of rotatable bonds is 5. The Hall–Kier alpha value is -1.68. The van der Waals surface area contributed by atoms with Crippen molar-refractivity contribution in [3.8, 4) is 0 Å². The summed E-state index contributed by atoms with van der Waals surface area (Å²) in [7, 11) is 0. The minimum absolute atomic E-state index is 0.340. The molecule has 0 spiro atoms. The molecule has 0 aromatic heterocycles. The molecule has 0 aliphatic carbocycles. The van der Waals surface area contributed by atoms with Gasteiger partial charge in [0.15, 0.2) is 11.8 Å². The topological polar surface area (TPSA) is 80.4 Å². The van der Waals surface area contributed by atoms with Crippen molar-refractivity contribution in [3.63, 3.8) is 0 Å². The van der Waals surface area contributed by atoms with Crippen molar-refractivity contribution >= 4 is 11.8 Å². The zero-order chi connectivity index (χ0) is 13.0. The van der Waals surface area contributed by atoms with Gasteiger partial charge in [0.05, 0.1) is 0 Å². The standard InChI is InChI=1S/C13H17NO3/c1-8(2)7-9-3-5-10(6-4-9)12(15)11(14)13(16)17/h3-6,8,11H,7,14H2,1-2H3,(H,16,17). The number of aliphatic carboxylic acids is 1. The summed E-state index contributed by atoms with van der Waals surface area (Å²) >= 11 is 0. The van der Waals surface area contributed by atoms with E-state index in [1.165, 1.54) is 0 Å². The third-order valence-corrected chi connectivity index (χ3v) is 2.43. The van der Waals surface area contributed by atoms with E-state index in [4.69, 9.17) is 10.8 Å². The van der Waals surface area contributed by atoms with Gasteiger partial charge in [0.25, 0.3) is 0 Å². The van der Waals surface area contributed by atoms with Crippen molar-refractivity contribution in [2.24, 2.45) is 11.7 Å². The fraction of sp³-hybridized carbons (Fsp3) is 0.385. The number of carbonyl (C=O) groups is 2. The molecular weight excluding hydrogens is 218 g/mol. The van der Waals surface area contributed by atoms with Gasteiger partial charge < -0.3 is 10.8 Å². The summed E-state index contributed by atoms with van der Waals surface area (Å²) in [5.41, 5.74) is 6.73. The predicted molar refractivity (Wildman–Crippen MR) is 64.9 cm³/mol. The highest BCUT2D eigenvalue weighted by Crippen LogP contribution is 2.11. The molecule has 0 saturated heterocycles. The number of benzene rings is 1.